The van der Waals surface area contributed by atoms with Crippen LogP contribution in [0.2, 0.25) is 0 Å². The highest BCUT2D eigenvalue weighted by Gasteiger charge is 2.28. The van der Waals surface area contributed by atoms with Gasteiger partial charge in [-0.1, -0.05) is 43.7 Å². The van der Waals surface area contributed by atoms with Crippen LogP contribution in [0.4, 0.5) is 5.69 Å². The van der Waals surface area contributed by atoms with E-state index in [-0.39, 0.29) is 17.5 Å². The summed E-state index contributed by atoms with van der Waals surface area (Å²) in [4.78, 5) is 13.4. The largest absolute Gasteiger partial charge is 0.497 e. The van der Waals surface area contributed by atoms with Gasteiger partial charge in [-0.3, -0.25) is 9.10 Å². The maximum atomic E-state index is 13.7. The quantitative estimate of drug-likeness (QED) is 0.338. The number of benzene rings is 3. The first-order valence-electron chi connectivity index (χ1n) is 12.4. The van der Waals surface area contributed by atoms with Crippen molar-refractivity contribution in [3.05, 3.63) is 83.9 Å². The van der Waals surface area contributed by atoms with E-state index in [4.69, 9.17) is 9.47 Å². The SMILES string of the molecule is CCOc1ccc(S(=O)(=O)N(CC(=O)N[C@@H](CC(C)C)c2ccc(OC)cc2)c2ccc(C)cc2)cc1. The Hall–Kier alpha value is -3.52. The number of hydrogen-bond acceptors (Lipinski definition) is 5. The third kappa shape index (κ3) is 7.49. The standard InChI is InChI=1S/C29H36N2O5S/c1-6-36-26-15-17-27(18-16-26)37(33,34)31(24-11-7-22(4)8-12-24)20-29(32)30-28(19-21(2)3)23-9-13-25(35-5)14-10-23/h7-18,21,28H,6,19-20H2,1-5H3,(H,30,32)/t28-/m0/s1. The highest BCUT2D eigenvalue weighted by Crippen LogP contribution is 2.27. The molecule has 0 aliphatic carbocycles. The number of hydrogen-bond donors (Lipinski definition) is 1. The molecule has 0 radical (unpaired) electrons. The van der Waals surface area contributed by atoms with Gasteiger partial charge in [0.05, 0.1) is 30.3 Å². The van der Waals surface area contributed by atoms with Crippen molar-refractivity contribution in [1.82, 2.24) is 5.32 Å². The van der Waals surface area contributed by atoms with E-state index in [0.717, 1.165) is 21.2 Å². The number of sulfonamides is 1. The van der Waals surface area contributed by atoms with Crippen LogP contribution in [-0.2, 0) is 14.8 Å². The van der Waals surface area contributed by atoms with Gasteiger partial charge in [-0.05, 0) is 80.3 Å². The van der Waals surface area contributed by atoms with Crippen molar-refractivity contribution in [2.24, 2.45) is 5.92 Å². The van der Waals surface area contributed by atoms with E-state index in [1.807, 2.05) is 50.2 Å². The summed E-state index contributed by atoms with van der Waals surface area (Å²) in [7, 11) is -2.42. The number of carbonyl (C=O) groups is 1. The van der Waals surface area contributed by atoms with Gasteiger partial charge in [0.2, 0.25) is 5.91 Å². The normalized spacial score (nSPS) is 12.2. The molecule has 0 saturated carbocycles. The van der Waals surface area contributed by atoms with Gasteiger partial charge in [0, 0.05) is 0 Å². The Kier molecular flexibility index (Phi) is 9.58. The molecule has 0 fully saturated rings. The van der Waals surface area contributed by atoms with Crippen molar-refractivity contribution in [2.75, 3.05) is 24.6 Å². The molecule has 198 valence electrons. The Bertz CT molecular complexity index is 1260. The molecule has 3 aromatic carbocycles. The zero-order valence-electron chi connectivity index (χ0n) is 22.1. The lowest BCUT2D eigenvalue weighted by molar-refractivity contribution is -0.120. The average molecular weight is 525 g/mol. The van der Waals surface area contributed by atoms with E-state index in [9.17, 15) is 13.2 Å². The van der Waals surface area contributed by atoms with Crippen molar-refractivity contribution in [3.63, 3.8) is 0 Å². The zero-order chi connectivity index (χ0) is 27.0. The molecule has 0 aromatic heterocycles. The van der Waals surface area contributed by atoms with Gasteiger partial charge in [0.25, 0.3) is 10.0 Å². The fourth-order valence-electron chi connectivity index (χ4n) is 3.98. The van der Waals surface area contributed by atoms with Crippen LogP contribution in [0.3, 0.4) is 0 Å². The molecule has 0 heterocycles. The lowest BCUT2D eigenvalue weighted by atomic mass is 9.97. The fourth-order valence-corrected chi connectivity index (χ4v) is 5.41. The molecule has 0 unspecified atom stereocenters. The lowest BCUT2D eigenvalue weighted by Crippen LogP contribution is -2.42. The zero-order valence-corrected chi connectivity index (χ0v) is 22.9. The molecule has 0 bridgehead atoms. The molecule has 3 aromatic rings. The molecule has 7 nitrogen and oxygen atoms in total. The minimum Gasteiger partial charge on any atom is -0.497 e. The Balaban J connectivity index is 1.90. The average Bonchev–Trinajstić information content (AvgIpc) is 2.88. The number of nitrogens with one attached hydrogen (secondary N) is 1. The van der Waals surface area contributed by atoms with Crippen LogP contribution in [0.1, 0.15) is 44.4 Å². The Morgan fingerprint density at radius 2 is 1.51 bits per heavy atom. The lowest BCUT2D eigenvalue weighted by Gasteiger charge is -2.27. The number of carbonyl (C=O) groups excluding carboxylic acids is 1. The van der Waals surface area contributed by atoms with Crippen molar-refractivity contribution >= 4 is 21.6 Å². The second-order valence-electron chi connectivity index (χ2n) is 9.27. The van der Waals surface area contributed by atoms with Gasteiger partial charge in [0.1, 0.15) is 18.0 Å². The smallest absolute Gasteiger partial charge is 0.264 e. The maximum absolute atomic E-state index is 13.7. The van der Waals surface area contributed by atoms with E-state index >= 15 is 0 Å². The first kappa shape index (κ1) is 28.1. The number of amides is 1. The molecule has 0 saturated heterocycles. The molecule has 0 spiro atoms. The highest BCUT2D eigenvalue weighted by atomic mass is 32.2. The van der Waals surface area contributed by atoms with Crippen LogP contribution in [0, 0.1) is 12.8 Å². The molecule has 1 amide bonds. The summed E-state index contributed by atoms with van der Waals surface area (Å²) in [5.74, 6) is 1.23. The molecule has 37 heavy (non-hydrogen) atoms. The Morgan fingerprint density at radius 3 is 2.05 bits per heavy atom. The molecule has 3 rings (SSSR count). The van der Waals surface area contributed by atoms with Gasteiger partial charge < -0.3 is 14.8 Å². The first-order valence-corrected chi connectivity index (χ1v) is 13.8. The predicted molar refractivity (Wildman–Crippen MR) is 147 cm³/mol. The van der Waals surface area contributed by atoms with Gasteiger partial charge in [-0.25, -0.2) is 8.42 Å². The van der Waals surface area contributed by atoms with Gasteiger partial charge >= 0.3 is 0 Å². The topological polar surface area (TPSA) is 84.9 Å². The third-order valence-electron chi connectivity index (χ3n) is 5.89. The Labute approximate surface area is 220 Å². The summed E-state index contributed by atoms with van der Waals surface area (Å²) in [5.41, 5.74) is 2.33. The minimum atomic E-state index is -4.03. The van der Waals surface area contributed by atoms with Crippen LogP contribution >= 0.6 is 0 Å². The van der Waals surface area contributed by atoms with Gasteiger partial charge in [-0.15, -0.1) is 0 Å². The predicted octanol–water partition coefficient (Wildman–Crippen LogP) is 5.50. The number of ether oxygens (including phenoxy) is 2. The second-order valence-corrected chi connectivity index (χ2v) is 11.1. The summed E-state index contributed by atoms with van der Waals surface area (Å²) < 4.78 is 39.3. The summed E-state index contributed by atoms with van der Waals surface area (Å²) in [6, 6.07) is 20.6. The molecule has 0 aliphatic rings. The summed E-state index contributed by atoms with van der Waals surface area (Å²) in [6.07, 6.45) is 0.703. The van der Waals surface area contributed by atoms with Gasteiger partial charge in [0.15, 0.2) is 0 Å². The van der Waals surface area contributed by atoms with E-state index in [0.29, 0.717) is 30.4 Å². The molecule has 8 heteroatoms. The third-order valence-corrected chi connectivity index (χ3v) is 7.68. The van der Waals surface area contributed by atoms with Crippen molar-refractivity contribution < 1.29 is 22.7 Å². The van der Waals surface area contributed by atoms with Crippen LogP contribution in [0.5, 0.6) is 11.5 Å². The van der Waals surface area contributed by atoms with Crippen molar-refractivity contribution in [3.8, 4) is 11.5 Å². The van der Waals surface area contributed by atoms with Crippen molar-refractivity contribution in [1.29, 1.82) is 0 Å². The number of methoxy groups -OCH3 is 1. The first-order chi connectivity index (χ1) is 17.6. The summed E-state index contributed by atoms with van der Waals surface area (Å²) in [6.45, 7) is 8.07. The van der Waals surface area contributed by atoms with E-state index < -0.39 is 15.9 Å². The number of rotatable bonds is 12. The molecule has 1 atom stereocenters. The second kappa shape index (κ2) is 12.6. The van der Waals surface area contributed by atoms with Crippen LogP contribution in [0.25, 0.3) is 0 Å². The van der Waals surface area contributed by atoms with Crippen molar-refractivity contribution in [2.45, 2.75) is 45.1 Å². The van der Waals surface area contributed by atoms with Gasteiger partial charge in [-0.2, -0.15) is 0 Å². The van der Waals surface area contributed by atoms with Crippen LogP contribution in [-0.4, -0.2) is 34.6 Å². The highest BCUT2D eigenvalue weighted by molar-refractivity contribution is 7.92. The van der Waals surface area contributed by atoms with Crippen LogP contribution < -0.4 is 19.1 Å². The number of nitrogens with zero attached hydrogens (tertiary/aromatic N) is 1. The van der Waals surface area contributed by atoms with E-state index in [1.54, 1.807) is 31.4 Å². The van der Waals surface area contributed by atoms with E-state index in [1.165, 1.54) is 12.1 Å². The van der Waals surface area contributed by atoms with Crippen LogP contribution in [0.15, 0.2) is 77.7 Å². The van der Waals surface area contributed by atoms with E-state index in [2.05, 4.69) is 19.2 Å². The molecule has 1 N–H and O–H groups in total. The molecular weight excluding hydrogens is 488 g/mol. The molecule has 0 aliphatic heterocycles. The summed E-state index contributed by atoms with van der Waals surface area (Å²) in [5, 5.41) is 3.06. The fraction of sp³-hybridized carbons (Fsp3) is 0.345. The number of aryl methyl sites for hydroxylation is 1. The Morgan fingerprint density at radius 1 is 0.919 bits per heavy atom. The summed E-state index contributed by atoms with van der Waals surface area (Å²) >= 11 is 0. The molecular formula is C29H36N2O5S. The monoisotopic (exact) mass is 524 g/mol. The minimum absolute atomic E-state index is 0.0817. The number of anilines is 1. The maximum Gasteiger partial charge on any atom is 0.264 e.